The van der Waals surface area contributed by atoms with Gasteiger partial charge in [-0.1, -0.05) is 70.0 Å². The first-order chi connectivity index (χ1) is 23.0. The van der Waals surface area contributed by atoms with Crippen LogP contribution in [0.25, 0.3) is 0 Å². The summed E-state index contributed by atoms with van der Waals surface area (Å²) in [6.07, 6.45) is 2.63. The molecule has 9 atom stereocenters. The fraction of sp³-hybridized carbons (Fsp3) is 0.444. The molecule has 2 N–H and O–H groups in total. The second-order valence-electron chi connectivity index (χ2n) is 12.6. The number of carbonyl (C=O) groups is 4. The number of nitrogens with one attached hydrogen (secondary N) is 1. The maximum absolute atomic E-state index is 14.6. The number of aliphatic hydroxyl groups is 1. The van der Waals surface area contributed by atoms with Crippen molar-refractivity contribution in [2.24, 2.45) is 11.8 Å². The van der Waals surface area contributed by atoms with E-state index in [0.717, 1.165) is 0 Å². The summed E-state index contributed by atoms with van der Waals surface area (Å²) in [6.45, 7) is 10.6. The van der Waals surface area contributed by atoms with Crippen LogP contribution in [-0.2, 0) is 28.7 Å². The number of ether oxygens (including phenoxy) is 2. The van der Waals surface area contributed by atoms with Crippen molar-refractivity contribution in [1.29, 1.82) is 0 Å². The molecule has 3 amide bonds. The second-order valence-corrected chi connectivity index (χ2v) is 14.2. The molecule has 3 saturated heterocycles. The first-order valence-electron chi connectivity index (χ1n) is 16.1. The van der Waals surface area contributed by atoms with Gasteiger partial charge in [0.15, 0.2) is 0 Å². The van der Waals surface area contributed by atoms with Crippen molar-refractivity contribution in [3.63, 3.8) is 0 Å². The second kappa shape index (κ2) is 14.9. The first-order valence-corrected chi connectivity index (χ1v) is 17.4. The predicted molar refractivity (Wildman–Crippen MR) is 185 cm³/mol. The van der Waals surface area contributed by atoms with Crippen LogP contribution in [0.3, 0.4) is 0 Å². The number of fused-ring (bicyclic) bond motifs is 1. The van der Waals surface area contributed by atoms with Crippen LogP contribution in [-0.4, -0.2) is 81.5 Å². The van der Waals surface area contributed by atoms with Gasteiger partial charge in [-0.3, -0.25) is 19.2 Å². The number of allylic oxidation sites excluding steroid dienone is 1. The van der Waals surface area contributed by atoms with E-state index in [-0.39, 0.29) is 30.1 Å². The van der Waals surface area contributed by atoms with E-state index in [4.69, 9.17) is 21.1 Å². The molecule has 3 aliphatic heterocycles. The highest BCUT2D eigenvalue weighted by atomic mass is 79.9. The monoisotopic (exact) mass is 741 g/mol. The minimum atomic E-state index is -1.38. The average Bonchev–Trinajstić information content (AvgIpc) is 3.68. The Morgan fingerprint density at radius 1 is 1.17 bits per heavy atom. The fourth-order valence-electron chi connectivity index (χ4n) is 7.34. The topological polar surface area (TPSA) is 125 Å². The van der Waals surface area contributed by atoms with Gasteiger partial charge in [-0.2, -0.15) is 0 Å². The number of esters is 1. The maximum Gasteiger partial charge on any atom is 0.313 e. The summed E-state index contributed by atoms with van der Waals surface area (Å²) in [5.41, 5.74) is -0.165. The van der Waals surface area contributed by atoms with Crippen LogP contribution >= 0.6 is 27.5 Å². The molecule has 0 radical (unpaired) electrons. The number of benzene rings is 2. The normalized spacial score (nSPS) is 27.5. The molecule has 256 valence electrons. The minimum Gasteiger partial charge on any atom is -0.455 e. The number of anilines is 1. The number of nitrogens with zero attached hydrogens (tertiary/aromatic N) is 2. The molecule has 1 spiro atoms. The van der Waals surface area contributed by atoms with Crippen molar-refractivity contribution in [2.45, 2.75) is 73.9 Å². The number of hydrogen-bond donors (Lipinski definition) is 2. The van der Waals surface area contributed by atoms with Crippen LogP contribution in [0.5, 0.6) is 0 Å². The zero-order valence-electron chi connectivity index (χ0n) is 27.0. The Morgan fingerprint density at radius 2 is 1.85 bits per heavy atom. The highest BCUT2D eigenvalue weighted by Crippen LogP contribution is 2.61. The zero-order valence-corrected chi connectivity index (χ0v) is 29.3. The van der Waals surface area contributed by atoms with Gasteiger partial charge in [0, 0.05) is 28.5 Å². The van der Waals surface area contributed by atoms with E-state index in [1.54, 1.807) is 50.3 Å². The summed E-state index contributed by atoms with van der Waals surface area (Å²) in [5, 5.41) is 13.7. The lowest BCUT2D eigenvalue weighted by molar-refractivity contribution is -0.162. The van der Waals surface area contributed by atoms with Crippen molar-refractivity contribution in [1.82, 2.24) is 10.2 Å². The third kappa shape index (κ3) is 6.57. The van der Waals surface area contributed by atoms with Gasteiger partial charge in [0.2, 0.25) is 11.8 Å². The number of carbonyl (C=O) groups excluding carboxylic acids is 4. The van der Waals surface area contributed by atoms with Crippen LogP contribution in [0.1, 0.15) is 44.8 Å². The minimum absolute atomic E-state index is 0.134. The molecule has 3 aliphatic rings. The maximum atomic E-state index is 14.6. The summed E-state index contributed by atoms with van der Waals surface area (Å²) < 4.78 is 12.8. The van der Waals surface area contributed by atoms with Gasteiger partial charge in [0.25, 0.3) is 5.91 Å². The van der Waals surface area contributed by atoms with Crippen LogP contribution in [0.15, 0.2) is 79.9 Å². The van der Waals surface area contributed by atoms with Gasteiger partial charge in [-0.25, -0.2) is 0 Å². The largest absolute Gasteiger partial charge is 0.455 e. The molecule has 48 heavy (non-hydrogen) atoms. The molecule has 3 heterocycles. The van der Waals surface area contributed by atoms with Crippen molar-refractivity contribution in [3.05, 3.63) is 90.5 Å². The molecule has 3 fully saturated rings. The molecule has 0 aliphatic carbocycles. The highest BCUT2D eigenvalue weighted by molar-refractivity contribution is 9.09. The molecule has 2 bridgehead atoms. The zero-order chi connectivity index (χ0) is 34.7. The Morgan fingerprint density at radius 3 is 2.48 bits per heavy atom. The van der Waals surface area contributed by atoms with Crippen molar-refractivity contribution >= 4 is 56.9 Å². The number of rotatable bonds is 14. The Bertz CT molecular complexity index is 1540. The summed E-state index contributed by atoms with van der Waals surface area (Å²) in [5.74, 6) is -3.88. The average molecular weight is 743 g/mol. The quantitative estimate of drug-likeness (QED) is 0.163. The first kappa shape index (κ1) is 35.8. The van der Waals surface area contributed by atoms with Crippen LogP contribution in [0.2, 0.25) is 5.02 Å². The Balaban J connectivity index is 1.51. The highest BCUT2D eigenvalue weighted by Gasteiger charge is 2.77. The number of hydrogen-bond acceptors (Lipinski definition) is 7. The van der Waals surface area contributed by atoms with Gasteiger partial charge >= 0.3 is 5.97 Å². The molecule has 2 aromatic carbocycles. The molecule has 12 heteroatoms. The summed E-state index contributed by atoms with van der Waals surface area (Å²) in [7, 11) is 0. The van der Waals surface area contributed by atoms with Crippen LogP contribution < -0.4 is 10.2 Å². The van der Waals surface area contributed by atoms with Crippen molar-refractivity contribution < 1.29 is 33.8 Å². The van der Waals surface area contributed by atoms with E-state index in [9.17, 15) is 24.3 Å². The summed E-state index contributed by atoms with van der Waals surface area (Å²) in [6, 6.07) is 13.3. The van der Waals surface area contributed by atoms with E-state index in [2.05, 4.69) is 34.4 Å². The van der Waals surface area contributed by atoms with E-state index >= 15 is 0 Å². The third-order valence-electron chi connectivity index (χ3n) is 9.48. The molecule has 0 saturated carbocycles. The van der Waals surface area contributed by atoms with Crippen molar-refractivity contribution in [3.8, 4) is 0 Å². The van der Waals surface area contributed by atoms with E-state index < -0.39 is 72.2 Å². The smallest absolute Gasteiger partial charge is 0.313 e. The lowest BCUT2D eigenvalue weighted by Crippen LogP contribution is -2.58. The Hall–Kier alpha value is -3.51. The number of amides is 3. The van der Waals surface area contributed by atoms with Gasteiger partial charge in [-0.05, 0) is 56.5 Å². The lowest BCUT2D eigenvalue weighted by Gasteiger charge is -2.38. The molecule has 2 aromatic rings. The van der Waals surface area contributed by atoms with Gasteiger partial charge in [0.05, 0.1) is 36.6 Å². The predicted octanol–water partition coefficient (Wildman–Crippen LogP) is 4.74. The number of alkyl halides is 1. The standard InChI is InChI=1S/C36H41BrClN3O7/c1-5-7-13-27(43)39-22(4)30(23-11-9-8-10-12-23)47-35(46)28-29-33(44)41(21(3)20-42)32(36(29)19-26(37)31(28)48-36)34(45)40(18-6-2)25-16-14-24(38)15-17-25/h5-6,8-12,14-17,21-22,26,28-32,42H,1-2,7,13,18-20H2,3-4H3,(H,39,43)/t21-,22-,26?,28-,29+,30-,31-,32-,36+/m1/s1. The van der Waals surface area contributed by atoms with Gasteiger partial charge < -0.3 is 29.7 Å². The SMILES string of the molecule is C=CCCC(=O)N[C@H](C)[C@@H](OC(=O)[C@H]1[C@@H]2O[C@@]3(CC2Br)[C@@H]1C(=O)N([C@H](C)CO)[C@@H]3C(=O)N(CC=C)c1ccc(Cl)cc1)c1ccccc1. The third-order valence-corrected chi connectivity index (χ3v) is 10.6. The number of likely N-dealkylation sites (tertiary alicyclic amines) is 1. The summed E-state index contributed by atoms with van der Waals surface area (Å²) >= 11 is 9.82. The Kier molecular flexibility index (Phi) is 11.1. The van der Waals surface area contributed by atoms with Crippen LogP contribution in [0, 0.1) is 11.8 Å². The summed E-state index contributed by atoms with van der Waals surface area (Å²) in [4.78, 5) is 58.6. The molecule has 1 unspecified atom stereocenters. The molecule has 10 nitrogen and oxygen atoms in total. The van der Waals surface area contributed by atoms with Gasteiger partial charge in [-0.15, -0.1) is 13.2 Å². The van der Waals surface area contributed by atoms with E-state index in [1.807, 2.05) is 30.3 Å². The van der Waals surface area contributed by atoms with E-state index in [0.29, 0.717) is 22.7 Å². The molecular formula is C36H41BrClN3O7. The lowest BCUT2D eigenvalue weighted by atomic mass is 9.70. The van der Waals surface area contributed by atoms with E-state index in [1.165, 1.54) is 9.80 Å². The number of halogens is 2. The molecule has 5 rings (SSSR count). The van der Waals surface area contributed by atoms with Crippen molar-refractivity contribution in [2.75, 3.05) is 18.1 Å². The van der Waals surface area contributed by atoms with Gasteiger partial charge in [0.1, 0.15) is 17.7 Å². The fourth-order valence-corrected chi connectivity index (χ4v) is 8.41. The molecular weight excluding hydrogens is 702 g/mol. The van der Waals surface area contributed by atoms with Crippen LogP contribution in [0.4, 0.5) is 5.69 Å². The molecule has 0 aromatic heterocycles. The number of aliphatic hydroxyl groups excluding tert-OH is 1. The Labute approximate surface area is 294 Å².